The second kappa shape index (κ2) is 8.31. The molecule has 0 heterocycles. The average Bonchev–Trinajstić information content (AvgIpc) is 2.01. The van der Waals surface area contributed by atoms with Crippen LogP contribution < -0.4 is 0 Å². The molecule has 3 N–H and O–H groups in total. The molecule has 16 heavy (non-hydrogen) atoms. The monoisotopic (exact) mass is 247 g/mol. The van der Waals surface area contributed by atoms with Crippen LogP contribution >= 0.6 is 0 Å². The van der Waals surface area contributed by atoms with E-state index in [0.29, 0.717) is 0 Å². The number of halogens is 3. The molecule has 0 aromatic heterocycles. The summed E-state index contributed by atoms with van der Waals surface area (Å²) in [5.41, 5.74) is 0. The van der Waals surface area contributed by atoms with Gasteiger partial charge in [0.25, 0.3) is 0 Å². The Morgan fingerprint density at radius 1 is 1.44 bits per heavy atom. The number of hydrogen-bond donors (Lipinski definition) is 3. The van der Waals surface area contributed by atoms with Gasteiger partial charge in [0.15, 0.2) is 0 Å². The van der Waals surface area contributed by atoms with Gasteiger partial charge >= 0.3 is 11.9 Å². The molecule has 98 valence electrons. The number of likely N-dealkylation sites (N-methyl/N-ethyl adjacent to an activating group) is 1. The van der Waals surface area contributed by atoms with Crippen LogP contribution in [0.5, 0.6) is 0 Å². The molecule has 0 rings (SSSR count). The normalized spacial score (nSPS) is 13.0. The largest absolute Gasteiger partial charge is 0.477 e. The van der Waals surface area contributed by atoms with Crippen LogP contribution in [-0.4, -0.2) is 65.7 Å². The second-order valence-electron chi connectivity index (χ2n) is 3.18. The summed E-state index contributed by atoms with van der Waals surface area (Å²) in [5, 5.41) is 23.6. The van der Waals surface area contributed by atoms with Crippen molar-refractivity contribution in [3.63, 3.8) is 0 Å². The minimum absolute atomic E-state index is 0.257. The summed E-state index contributed by atoms with van der Waals surface area (Å²) in [6, 6.07) is 0. The van der Waals surface area contributed by atoms with Gasteiger partial charge in [-0.2, -0.15) is 8.78 Å². The third-order valence-corrected chi connectivity index (χ3v) is 1.28. The van der Waals surface area contributed by atoms with E-state index in [9.17, 15) is 18.0 Å². The first kappa shape index (κ1) is 17.5. The van der Waals surface area contributed by atoms with Crippen LogP contribution in [0.3, 0.4) is 0 Å². The standard InChI is InChI=1S/C4H5F3O3.C4H11NO/c5-2(8)1-4(6,7)3(9)10;1-5(2)3-4-6/h2,8H,1H2,(H,9,10);6H,3-4H2,1-2H3. The summed E-state index contributed by atoms with van der Waals surface area (Å²) in [5.74, 6) is -6.63. The van der Waals surface area contributed by atoms with Gasteiger partial charge in [0.2, 0.25) is 6.36 Å². The number of alkyl halides is 3. The fraction of sp³-hybridized carbons (Fsp3) is 0.875. The number of hydrogen-bond acceptors (Lipinski definition) is 4. The molecule has 1 atom stereocenters. The minimum Gasteiger partial charge on any atom is -0.477 e. The molecule has 0 spiro atoms. The van der Waals surface area contributed by atoms with E-state index in [-0.39, 0.29) is 6.61 Å². The summed E-state index contributed by atoms with van der Waals surface area (Å²) in [6.45, 7) is 1.02. The lowest BCUT2D eigenvalue weighted by Crippen LogP contribution is -2.31. The Kier molecular flexibility index (Phi) is 9.11. The zero-order valence-electron chi connectivity index (χ0n) is 9.03. The predicted molar refractivity (Wildman–Crippen MR) is 50.0 cm³/mol. The number of aliphatic hydroxyl groups is 2. The van der Waals surface area contributed by atoms with E-state index in [1.165, 1.54) is 0 Å². The van der Waals surface area contributed by atoms with E-state index in [1.54, 1.807) is 0 Å². The molecule has 0 aliphatic rings. The van der Waals surface area contributed by atoms with Gasteiger partial charge in [0.1, 0.15) is 0 Å². The highest BCUT2D eigenvalue weighted by Crippen LogP contribution is 2.20. The summed E-state index contributed by atoms with van der Waals surface area (Å²) in [4.78, 5) is 11.5. The van der Waals surface area contributed by atoms with Gasteiger partial charge in [-0.05, 0) is 14.1 Å². The van der Waals surface area contributed by atoms with Gasteiger partial charge in [-0.25, -0.2) is 9.18 Å². The van der Waals surface area contributed by atoms with Gasteiger partial charge in [-0.3, -0.25) is 0 Å². The lowest BCUT2D eigenvalue weighted by atomic mass is 10.2. The second-order valence-corrected chi connectivity index (χ2v) is 3.18. The first-order valence-corrected chi connectivity index (χ1v) is 4.32. The maximum Gasteiger partial charge on any atom is 0.374 e. The first-order chi connectivity index (χ1) is 7.13. The maximum absolute atomic E-state index is 11.8. The van der Waals surface area contributed by atoms with Crippen molar-refractivity contribution >= 4 is 5.97 Å². The van der Waals surface area contributed by atoms with Crippen LogP contribution in [-0.2, 0) is 4.79 Å². The molecule has 1 unspecified atom stereocenters. The van der Waals surface area contributed by atoms with E-state index >= 15 is 0 Å². The average molecular weight is 247 g/mol. The molecular weight excluding hydrogens is 231 g/mol. The van der Waals surface area contributed by atoms with Gasteiger partial charge < -0.3 is 20.2 Å². The van der Waals surface area contributed by atoms with Crippen molar-refractivity contribution in [3.05, 3.63) is 0 Å². The number of nitrogens with zero attached hydrogens (tertiary/aromatic N) is 1. The fourth-order valence-corrected chi connectivity index (χ4v) is 0.499. The van der Waals surface area contributed by atoms with E-state index in [4.69, 9.17) is 15.3 Å². The Balaban J connectivity index is 0. The van der Waals surface area contributed by atoms with Crippen LogP contribution in [0.1, 0.15) is 6.42 Å². The molecule has 8 heteroatoms. The summed E-state index contributed by atoms with van der Waals surface area (Å²) in [7, 11) is 3.85. The third kappa shape index (κ3) is 11.2. The summed E-state index contributed by atoms with van der Waals surface area (Å²) in [6.07, 6.45) is -4.51. The van der Waals surface area contributed by atoms with Crippen LogP contribution in [0, 0.1) is 0 Å². The highest BCUT2D eigenvalue weighted by atomic mass is 19.3. The van der Waals surface area contributed by atoms with Gasteiger partial charge in [0, 0.05) is 6.54 Å². The van der Waals surface area contributed by atoms with Crippen LogP contribution in [0.25, 0.3) is 0 Å². The minimum atomic E-state index is -4.19. The topological polar surface area (TPSA) is 81.0 Å². The molecule has 0 saturated heterocycles. The Morgan fingerprint density at radius 2 is 1.88 bits per heavy atom. The number of aliphatic carboxylic acids is 1. The lowest BCUT2D eigenvalue weighted by molar-refractivity contribution is -0.173. The van der Waals surface area contributed by atoms with Crippen molar-refractivity contribution in [1.82, 2.24) is 4.90 Å². The quantitative estimate of drug-likeness (QED) is 0.633. The number of carbonyl (C=O) groups is 1. The molecule has 0 saturated carbocycles. The molecule has 0 aliphatic heterocycles. The molecule has 0 fully saturated rings. The fourth-order valence-electron chi connectivity index (χ4n) is 0.499. The zero-order valence-corrected chi connectivity index (χ0v) is 9.03. The lowest BCUT2D eigenvalue weighted by Gasteiger charge is -2.09. The molecule has 0 aliphatic carbocycles. The number of aliphatic hydroxyl groups excluding tert-OH is 2. The van der Waals surface area contributed by atoms with Gasteiger partial charge in [0.05, 0.1) is 13.0 Å². The van der Waals surface area contributed by atoms with E-state index in [0.717, 1.165) is 6.54 Å². The van der Waals surface area contributed by atoms with Crippen molar-refractivity contribution in [2.24, 2.45) is 0 Å². The Hall–Kier alpha value is -0.860. The zero-order chi connectivity index (χ0) is 13.4. The summed E-state index contributed by atoms with van der Waals surface area (Å²) >= 11 is 0. The van der Waals surface area contributed by atoms with Crippen molar-refractivity contribution in [3.8, 4) is 0 Å². The van der Waals surface area contributed by atoms with Crippen molar-refractivity contribution in [1.29, 1.82) is 0 Å². The molecule has 0 radical (unpaired) electrons. The van der Waals surface area contributed by atoms with Crippen molar-refractivity contribution in [2.75, 3.05) is 27.2 Å². The third-order valence-electron chi connectivity index (χ3n) is 1.28. The van der Waals surface area contributed by atoms with Crippen LogP contribution in [0.4, 0.5) is 13.2 Å². The van der Waals surface area contributed by atoms with Crippen molar-refractivity contribution in [2.45, 2.75) is 18.7 Å². The molecule has 0 aromatic carbocycles. The molecule has 0 aromatic rings. The Labute approximate surface area is 91.1 Å². The smallest absolute Gasteiger partial charge is 0.374 e. The number of rotatable bonds is 5. The van der Waals surface area contributed by atoms with Crippen LogP contribution in [0.2, 0.25) is 0 Å². The van der Waals surface area contributed by atoms with Gasteiger partial charge in [-0.15, -0.1) is 0 Å². The number of carboxylic acids is 1. The van der Waals surface area contributed by atoms with E-state index in [2.05, 4.69) is 0 Å². The summed E-state index contributed by atoms with van der Waals surface area (Å²) < 4.78 is 35.0. The van der Waals surface area contributed by atoms with Crippen molar-refractivity contribution < 1.29 is 33.3 Å². The van der Waals surface area contributed by atoms with Gasteiger partial charge in [-0.1, -0.05) is 0 Å². The van der Waals surface area contributed by atoms with E-state index in [1.807, 2.05) is 19.0 Å². The highest BCUT2D eigenvalue weighted by molar-refractivity contribution is 5.75. The Morgan fingerprint density at radius 3 is 1.94 bits per heavy atom. The molecule has 0 bridgehead atoms. The van der Waals surface area contributed by atoms with E-state index < -0.39 is 24.7 Å². The van der Waals surface area contributed by atoms with Crippen LogP contribution in [0.15, 0.2) is 0 Å². The first-order valence-electron chi connectivity index (χ1n) is 4.32. The molecular formula is C8H16F3NO4. The maximum atomic E-state index is 11.8. The molecule has 0 amide bonds. The highest BCUT2D eigenvalue weighted by Gasteiger charge is 2.41. The SMILES string of the molecule is CN(C)CCO.O=C(O)C(F)(F)CC(O)F. The number of carboxylic acid groups (broad SMARTS) is 1. The predicted octanol–water partition coefficient (Wildman–Crippen LogP) is -0.0754. The molecule has 5 nitrogen and oxygen atoms in total. The Bertz CT molecular complexity index is 200.